The van der Waals surface area contributed by atoms with E-state index in [2.05, 4.69) is 0 Å². The molecule has 0 aliphatic carbocycles. The predicted molar refractivity (Wildman–Crippen MR) is 80.4 cm³/mol. The van der Waals surface area contributed by atoms with Gasteiger partial charge in [0.1, 0.15) is 0 Å². The molecule has 6 N–H and O–H groups in total. The van der Waals surface area contributed by atoms with Crippen LogP contribution in [0.3, 0.4) is 0 Å². The summed E-state index contributed by atoms with van der Waals surface area (Å²) >= 11 is 0. The van der Waals surface area contributed by atoms with Crippen LogP contribution in [0, 0.1) is 0 Å². The first-order chi connectivity index (χ1) is 9.60. The molecular weight excluding hydrogens is 256 g/mol. The Kier molecular flexibility index (Phi) is 11.7. The van der Waals surface area contributed by atoms with Crippen molar-refractivity contribution in [3.8, 4) is 0 Å². The lowest BCUT2D eigenvalue weighted by Gasteiger charge is -2.08. The molecule has 0 amide bonds. The van der Waals surface area contributed by atoms with E-state index in [0.29, 0.717) is 6.54 Å². The van der Waals surface area contributed by atoms with E-state index in [1.807, 2.05) is 18.2 Å². The number of aliphatic hydroxyl groups is 1. The van der Waals surface area contributed by atoms with E-state index in [0.717, 1.165) is 31.2 Å². The van der Waals surface area contributed by atoms with E-state index in [-0.39, 0.29) is 19.1 Å². The third-order valence-electron chi connectivity index (χ3n) is 2.71. The molecule has 114 valence electrons. The largest absolute Gasteiger partial charge is 0.481 e. The second-order valence-corrected chi connectivity index (χ2v) is 4.61. The molecule has 0 spiro atoms. The Bertz CT molecular complexity index is 336. The first kappa shape index (κ1) is 18.6. The quantitative estimate of drug-likeness (QED) is 0.571. The number of carboxylic acid groups (broad SMARTS) is 1. The Labute approximate surface area is 120 Å². The molecule has 0 bridgehead atoms. The monoisotopic (exact) mass is 282 g/mol. The minimum Gasteiger partial charge on any atom is -0.481 e. The summed E-state index contributed by atoms with van der Waals surface area (Å²) in [6.07, 6.45) is 3.81. The molecular formula is C15H26N2O3. The second kappa shape index (κ2) is 12.6. The first-order valence-electron chi connectivity index (χ1n) is 6.92. The molecule has 0 saturated carbocycles. The summed E-state index contributed by atoms with van der Waals surface area (Å²) in [5.74, 6) is -0.786. The molecule has 1 rings (SSSR count). The van der Waals surface area contributed by atoms with Crippen molar-refractivity contribution >= 4 is 5.97 Å². The highest BCUT2D eigenvalue weighted by Gasteiger charge is 1.99. The maximum atomic E-state index is 10.2. The van der Waals surface area contributed by atoms with Gasteiger partial charge in [-0.3, -0.25) is 4.79 Å². The van der Waals surface area contributed by atoms with Gasteiger partial charge in [-0.25, -0.2) is 0 Å². The summed E-state index contributed by atoms with van der Waals surface area (Å²) in [5, 5.41) is 16.8. The number of aliphatic carboxylic acids is 1. The fraction of sp³-hybridized carbons (Fsp3) is 0.533. The van der Waals surface area contributed by atoms with E-state index in [9.17, 15) is 4.79 Å². The van der Waals surface area contributed by atoms with Crippen molar-refractivity contribution in [3.63, 3.8) is 0 Å². The summed E-state index contributed by atoms with van der Waals surface area (Å²) in [4.78, 5) is 10.2. The Morgan fingerprint density at radius 3 is 2.25 bits per heavy atom. The number of aliphatic hydroxyl groups excluding tert-OH is 1. The van der Waals surface area contributed by atoms with Crippen molar-refractivity contribution < 1.29 is 15.0 Å². The van der Waals surface area contributed by atoms with Crippen molar-refractivity contribution in [2.24, 2.45) is 11.5 Å². The average molecular weight is 282 g/mol. The lowest BCUT2D eigenvalue weighted by molar-refractivity contribution is -0.136. The number of hydrogen-bond acceptors (Lipinski definition) is 4. The number of hydrogen-bond donors (Lipinski definition) is 4. The van der Waals surface area contributed by atoms with Crippen molar-refractivity contribution in [1.29, 1.82) is 0 Å². The van der Waals surface area contributed by atoms with Gasteiger partial charge in [-0.05, 0) is 37.8 Å². The van der Waals surface area contributed by atoms with E-state index in [1.165, 1.54) is 0 Å². The molecule has 5 heteroatoms. The van der Waals surface area contributed by atoms with Gasteiger partial charge in [0.15, 0.2) is 0 Å². The SMILES string of the molecule is NCCCC(N)CCCO.O=C(O)Cc1ccccc1. The highest BCUT2D eigenvalue weighted by Crippen LogP contribution is 2.00. The van der Waals surface area contributed by atoms with E-state index in [4.69, 9.17) is 21.7 Å². The van der Waals surface area contributed by atoms with Crippen LogP contribution in [0.15, 0.2) is 30.3 Å². The molecule has 1 atom stereocenters. The molecule has 0 aliphatic rings. The van der Waals surface area contributed by atoms with Crippen molar-refractivity contribution in [2.75, 3.05) is 13.2 Å². The minimum absolute atomic E-state index is 0.112. The molecule has 1 unspecified atom stereocenters. The zero-order valence-corrected chi connectivity index (χ0v) is 11.9. The Balaban J connectivity index is 0.000000361. The van der Waals surface area contributed by atoms with Gasteiger partial charge in [-0.15, -0.1) is 0 Å². The van der Waals surface area contributed by atoms with Gasteiger partial charge in [0.2, 0.25) is 0 Å². The number of carboxylic acids is 1. The van der Waals surface area contributed by atoms with Crippen LogP contribution in [-0.2, 0) is 11.2 Å². The summed E-state index contributed by atoms with van der Waals surface area (Å²) in [6.45, 7) is 0.961. The summed E-state index contributed by atoms with van der Waals surface area (Å²) in [5.41, 5.74) is 11.8. The molecule has 0 aliphatic heterocycles. The van der Waals surface area contributed by atoms with Crippen LogP contribution in [0.1, 0.15) is 31.2 Å². The molecule has 0 saturated heterocycles. The van der Waals surface area contributed by atoms with Gasteiger partial charge in [0.25, 0.3) is 0 Å². The number of nitrogens with two attached hydrogens (primary N) is 2. The standard InChI is InChI=1S/C8H8O2.C7H18N2O/c9-8(10)6-7-4-2-1-3-5-7;8-5-1-3-7(9)4-2-6-10/h1-5H,6H2,(H,9,10);7,10H,1-6,8-9H2. The van der Waals surface area contributed by atoms with E-state index >= 15 is 0 Å². The van der Waals surface area contributed by atoms with Crippen molar-refractivity contribution in [2.45, 2.75) is 38.1 Å². The predicted octanol–water partition coefficient (Wildman–Crippen LogP) is 1.14. The molecule has 1 aromatic rings. The summed E-state index contributed by atoms with van der Waals surface area (Å²) in [7, 11) is 0. The van der Waals surface area contributed by atoms with Gasteiger partial charge < -0.3 is 21.7 Å². The highest BCUT2D eigenvalue weighted by atomic mass is 16.4. The topological polar surface area (TPSA) is 110 Å². The van der Waals surface area contributed by atoms with Crippen LogP contribution in [-0.4, -0.2) is 35.4 Å². The van der Waals surface area contributed by atoms with Crippen molar-refractivity contribution in [3.05, 3.63) is 35.9 Å². The lowest BCUT2D eigenvalue weighted by atomic mass is 10.1. The van der Waals surface area contributed by atoms with Crippen LogP contribution >= 0.6 is 0 Å². The number of rotatable bonds is 8. The van der Waals surface area contributed by atoms with E-state index < -0.39 is 5.97 Å². The third-order valence-corrected chi connectivity index (χ3v) is 2.71. The van der Waals surface area contributed by atoms with E-state index in [1.54, 1.807) is 12.1 Å². The maximum Gasteiger partial charge on any atom is 0.307 e. The normalized spacial score (nSPS) is 11.3. The molecule has 1 aromatic carbocycles. The molecule has 20 heavy (non-hydrogen) atoms. The number of carbonyl (C=O) groups is 1. The smallest absolute Gasteiger partial charge is 0.307 e. The van der Waals surface area contributed by atoms with Gasteiger partial charge in [0, 0.05) is 12.6 Å². The first-order valence-corrected chi connectivity index (χ1v) is 6.92. The summed E-state index contributed by atoms with van der Waals surface area (Å²) in [6, 6.07) is 9.36. The Morgan fingerprint density at radius 1 is 1.15 bits per heavy atom. The average Bonchev–Trinajstić information content (AvgIpc) is 2.44. The fourth-order valence-corrected chi connectivity index (χ4v) is 1.65. The molecule has 0 radical (unpaired) electrons. The summed E-state index contributed by atoms with van der Waals surface area (Å²) < 4.78 is 0. The van der Waals surface area contributed by atoms with Gasteiger partial charge in [-0.2, -0.15) is 0 Å². The molecule has 0 fully saturated rings. The molecule has 5 nitrogen and oxygen atoms in total. The zero-order valence-electron chi connectivity index (χ0n) is 11.9. The fourth-order valence-electron chi connectivity index (χ4n) is 1.65. The molecule has 0 aromatic heterocycles. The Hall–Kier alpha value is -1.43. The number of benzene rings is 1. The van der Waals surface area contributed by atoms with Gasteiger partial charge in [0.05, 0.1) is 6.42 Å². The molecule has 0 heterocycles. The second-order valence-electron chi connectivity index (χ2n) is 4.61. The van der Waals surface area contributed by atoms with Crippen LogP contribution in [0.2, 0.25) is 0 Å². The van der Waals surface area contributed by atoms with Crippen LogP contribution in [0.4, 0.5) is 0 Å². The zero-order chi connectivity index (χ0) is 15.2. The highest BCUT2D eigenvalue weighted by molar-refractivity contribution is 5.70. The van der Waals surface area contributed by atoms with Crippen molar-refractivity contribution in [1.82, 2.24) is 0 Å². The lowest BCUT2D eigenvalue weighted by Crippen LogP contribution is -2.21. The van der Waals surface area contributed by atoms with Gasteiger partial charge >= 0.3 is 5.97 Å². The minimum atomic E-state index is -0.786. The van der Waals surface area contributed by atoms with Crippen LogP contribution in [0.25, 0.3) is 0 Å². The Morgan fingerprint density at radius 2 is 1.75 bits per heavy atom. The third kappa shape index (κ3) is 11.6. The van der Waals surface area contributed by atoms with Crippen LogP contribution in [0.5, 0.6) is 0 Å². The van der Waals surface area contributed by atoms with Crippen LogP contribution < -0.4 is 11.5 Å². The van der Waals surface area contributed by atoms with Gasteiger partial charge in [-0.1, -0.05) is 30.3 Å². The maximum absolute atomic E-state index is 10.2.